The molecule has 1 aliphatic rings. The summed E-state index contributed by atoms with van der Waals surface area (Å²) < 4.78 is 18.6. The Morgan fingerprint density at radius 3 is 1.80 bits per heavy atom. The first-order valence-electron chi connectivity index (χ1n) is 19.1. The summed E-state index contributed by atoms with van der Waals surface area (Å²) in [5, 5.41) is 10.0. The lowest BCUT2D eigenvalue weighted by molar-refractivity contribution is 0.00578. The lowest BCUT2D eigenvalue weighted by Gasteiger charge is -2.32. The Morgan fingerprint density at radius 2 is 1.05 bits per heavy atom. The average molecular weight is 728 g/mol. The summed E-state index contributed by atoms with van der Waals surface area (Å²) in [7, 11) is -0.529. The first-order chi connectivity index (χ1) is 26.7. The second-order valence-electron chi connectivity index (χ2n) is 16.0. The van der Waals surface area contributed by atoms with Gasteiger partial charge in [0.05, 0.1) is 22.2 Å². The molecular formula is C50H38BNO2S. The standard InChI is InChI=1S/C50H38BNO2S/c1-49(2)50(3,4)54-51(53-49)44-26-24-33(32-23-25-37-34(27-32)22-21-31-13-5-6-14-36(31)37)28-41(44)43-30-35(29-42-40-17-9-12-20-47(40)55-48(42)43)52-45-18-10-7-15-38(45)39-16-8-11-19-46(39)52/h5-30H,1-4H3. The van der Waals surface area contributed by atoms with Crippen molar-refractivity contribution >= 4 is 87.4 Å². The molecule has 0 unspecified atom stereocenters. The molecule has 55 heavy (non-hydrogen) atoms. The van der Waals surface area contributed by atoms with Gasteiger partial charge < -0.3 is 13.9 Å². The number of aromatic nitrogens is 1. The van der Waals surface area contributed by atoms with Gasteiger partial charge in [0.2, 0.25) is 0 Å². The van der Waals surface area contributed by atoms with Gasteiger partial charge in [0.25, 0.3) is 0 Å². The van der Waals surface area contributed by atoms with Gasteiger partial charge >= 0.3 is 7.12 Å². The Morgan fingerprint density at radius 1 is 0.473 bits per heavy atom. The molecule has 0 aliphatic carbocycles. The highest BCUT2D eigenvalue weighted by atomic mass is 32.1. The van der Waals surface area contributed by atoms with E-state index < -0.39 is 18.3 Å². The van der Waals surface area contributed by atoms with Crippen LogP contribution in [0.4, 0.5) is 0 Å². The topological polar surface area (TPSA) is 23.4 Å². The van der Waals surface area contributed by atoms with Gasteiger partial charge in [-0.2, -0.15) is 0 Å². The number of hydrogen-bond acceptors (Lipinski definition) is 3. The van der Waals surface area contributed by atoms with Crippen LogP contribution in [0.25, 0.3) is 91.5 Å². The summed E-state index contributed by atoms with van der Waals surface area (Å²) >= 11 is 1.86. The zero-order valence-corrected chi connectivity index (χ0v) is 32.1. The number of fused-ring (bicyclic) bond motifs is 9. The molecule has 10 aromatic rings. The minimum atomic E-state index is -0.529. The number of rotatable bonds is 4. The summed E-state index contributed by atoms with van der Waals surface area (Å²) in [5.41, 5.74) is 8.21. The van der Waals surface area contributed by atoms with Crippen LogP contribution in [-0.4, -0.2) is 22.9 Å². The third-order valence-corrected chi connectivity index (χ3v) is 13.5. The van der Waals surface area contributed by atoms with Gasteiger partial charge in [0.15, 0.2) is 0 Å². The Hall–Kier alpha value is -5.72. The van der Waals surface area contributed by atoms with Gasteiger partial charge in [0, 0.05) is 42.2 Å². The molecule has 3 nitrogen and oxygen atoms in total. The Balaban J connectivity index is 1.20. The van der Waals surface area contributed by atoms with Crippen molar-refractivity contribution in [3.8, 4) is 27.9 Å². The lowest BCUT2D eigenvalue weighted by atomic mass is 9.73. The Labute approximate surface area is 324 Å². The van der Waals surface area contributed by atoms with Crippen LogP contribution in [0.15, 0.2) is 158 Å². The maximum absolute atomic E-state index is 6.82. The summed E-state index contributed by atoms with van der Waals surface area (Å²) in [4.78, 5) is 0. The second kappa shape index (κ2) is 11.9. The molecule has 8 aromatic carbocycles. The molecule has 5 heteroatoms. The van der Waals surface area contributed by atoms with E-state index in [1.165, 1.54) is 74.6 Å². The summed E-state index contributed by atoms with van der Waals surface area (Å²) in [5.74, 6) is 0. The number of nitrogens with zero attached hydrogens (tertiary/aromatic N) is 1. The number of thiophene rings is 1. The van der Waals surface area contributed by atoms with Crippen molar-refractivity contribution in [2.24, 2.45) is 0 Å². The molecule has 0 N–H and O–H groups in total. The number of hydrogen-bond donors (Lipinski definition) is 0. The van der Waals surface area contributed by atoms with Gasteiger partial charge in [0.1, 0.15) is 0 Å². The van der Waals surface area contributed by atoms with Crippen molar-refractivity contribution in [1.82, 2.24) is 4.57 Å². The van der Waals surface area contributed by atoms with Crippen molar-refractivity contribution < 1.29 is 9.31 Å². The molecule has 0 atom stereocenters. The van der Waals surface area contributed by atoms with Crippen LogP contribution in [-0.2, 0) is 9.31 Å². The van der Waals surface area contributed by atoms with Gasteiger partial charge in [-0.25, -0.2) is 0 Å². The Bertz CT molecular complexity index is 3120. The fraction of sp³-hybridized carbons (Fsp3) is 0.120. The third-order valence-electron chi connectivity index (χ3n) is 12.2. The largest absolute Gasteiger partial charge is 0.495 e. The quantitative estimate of drug-likeness (QED) is 0.133. The van der Waals surface area contributed by atoms with Gasteiger partial charge in [-0.15, -0.1) is 11.3 Å². The van der Waals surface area contributed by atoms with E-state index in [9.17, 15) is 0 Å². The maximum Gasteiger partial charge on any atom is 0.495 e. The first kappa shape index (κ1) is 32.7. The SMILES string of the molecule is CC1(C)OB(c2ccc(-c3ccc4c(ccc5ccccc54)c3)cc2-c2cc(-n3c4ccccc4c4ccccc43)cc3c2sc2ccccc23)OC1(C)C. The summed E-state index contributed by atoms with van der Waals surface area (Å²) in [6.45, 7) is 8.53. The normalized spacial score (nSPS) is 15.4. The zero-order valence-electron chi connectivity index (χ0n) is 31.3. The van der Waals surface area contributed by atoms with Crippen LogP contribution in [0, 0.1) is 0 Å². The van der Waals surface area contributed by atoms with Crippen LogP contribution >= 0.6 is 11.3 Å². The van der Waals surface area contributed by atoms with Gasteiger partial charge in [-0.1, -0.05) is 115 Å². The van der Waals surface area contributed by atoms with Crippen molar-refractivity contribution in [2.75, 3.05) is 0 Å². The number of benzene rings is 8. The molecule has 2 aromatic heterocycles. The highest BCUT2D eigenvalue weighted by Crippen LogP contribution is 2.45. The molecule has 1 aliphatic heterocycles. The Kier molecular flexibility index (Phi) is 7.07. The van der Waals surface area contributed by atoms with E-state index in [1.54, 1.807) is 0 Å². The smallest absolute Gasteiger partial charge is 0.399 e. The fourth-order valence-electron chi connectivity index (χ4n) is 8.68. The summed E-state index contributed by atoms with van der Waals surface area (Å²) in [6.07, 6.45) is 0. The molecule has 0 spiro atoms. The lowest BCUT2D eigenvalue weighted by Crippen LogP contribution is -2.41. The van der Waals surface area contributed by atoms with E-state index in [1.807, 2.05) is 11.3 Å². The minimum Gasteiger partial charge on any atom is -0.399 e. The molecule has 1 saturated heterocycles. The molecular weight excluding hydrogens is 689 g/mol. The molecule has 0 radical (unpaired) electrons. The predicted octanol–water partition coefficient (Wildman–Crippen LogP) is 13.1. The van der Waals surface area contributed by atoms with E-state index in [-0.39, 0.29) is 0 Å². The highest BCUT2D eigenvalue weighted by Gasteiger charge is 2.52. The molecule has 264 valence electrons. The van der Waals surface area contributed by atoms with Crippen molar-refractivity contribution in [1.29, 1.82) is 0 Å². The molecule has 1 fully saturated rings. The van der Waals surface area contributed by atoms with Crippen LogP contribution < -0.4 is 5.46 Å². The van der Waals surface area contributed by atoms with Crippen LogP contribution in [0.3, 0.4) is 0 Å². The van der Waals surface area contributed by atoms with E-state index >= 15 is 0 Å². The molecule has 11 rings (SSSR count). The summed E-state index contributed by atoms with van der Waals surface area (Å²) in [6, 6.07) is 57.9. The monoisotopic (exact) mass is 727 g/mol. The van der Waals surface area contributed by atoms with Gasteiger partial charge in [-0.05, 0) is 114 Å². The average Bonchev–Trinajstić information content (AvgIpc) is 3.82. The van der Waals surface area contributed by atoms with Gasteiger partial charge in [-0.3, -0.25) is 0 Å². The molecule has 0 saturated carbocycles. The second-order valence-corrected chi connectivity index (χ2v) is 17.0. The third kappa shape index (κ3) is 4.97. The maximum atomic E-state index is 6.82. The highest BCUT2D eigenvalue weighted by molar-refractivity contribution is 7.26. The minimum absolute atomic E-state index is 0.480. The van der Waals surface area contributed by atoms with E-state index in [0.717, 1.165) is 22.3 Å². The van der Waals surface area contributed by atoms with E-state index in [2.05, 4.69) is 190 Å². The van der Waals surface area contributed by atoms with Crippen LogP contribution in [0.5, 0.6) is 0 Å². The molecule has 0 amide bonds. The van der Waals surface area contributed by atoms with E-state index in [4.69, 9.17) is 9.31 Å². The number of para-hydroxylation sites is 2. The van der Waals surface area contributed by atoms with Crippen molar-refractivity contribution in [2.45, 2.75) is 38.9 Å². The fourth-order valence-corrected chi connectivity index (χ4v) is 9.89. The predicted molar refractivity (Wildman–Crippen MR) is 235 cm³/mol. The molecule has 0 bridgehead atoms. The zero-order chi connectivity index (χ0) is 37.1. The first-order valence-corrected chi connectivity index (χ1v) is 19.9. The van der Waals surface area contributed by atoms with Crippen LogP contribution in [0.1, 0.15) is 27.7 Å². The van der Waals surface area contributed by atoms with E-state index in [0.29, 0.717) is 0 Å². The van der Waals surface area contributed by atoms with Crippen molar-refractivity contribution in [3.05, 3.63) is 158 Å². The van der Waals surface area contributed by atoms with Crippen LogP contribution in [0.2, 0.25) is 0 Å². The van der Waals surface area contributed by atoms with Crippen molar-refractivity contribution in [3.63, 3.8) is 0 Å². The molecule has 3 heterocycles.